The summed E-state index contributed by atoms with van der Waals surface area (Å²) in [5.74, 6) is -0.599. The minimum Gasteiger partial charge on any atom is -0.465 e. The van der Waals surface area contributed by atoms with Crippen LogP contribution < -0.4 is 5.73 Å². The molecule has 0 aliphatic heterocycles. The fraction of sp³-hybridized carbons (Fsp3) is 0.300. The van der Waals surface area contributed by atoms with E-state index in [0.29, 0.717) is 5.56 Å². The van der Waals surface area contributed by atoms with Crippen molar-refractivity contribution in [2.24, 2.45) is 0 Å². The van der Waals surface area contributed by atoms with Crippen LogP contribution >= 0.6 is 0 Å². The molecule has 0 unspecified atom stereocenters. The second-order valence-corrected chi connectivity index (χ2v) is 3.38. The lowest BCUT2D eigenvalue weighted by molar-refractivity contribution is -0.384. The lowest BCUT2D eigenvalue weighted by Gasteiger charge is -2.09. The predicted octanol–water partition coefficient (Wildman–Crippen LogP) is 1.58. The van der Waals surface area contributed by atoms with Crippen molar-refractivity contribution in [2.45, 2.75) is 13.8 Å². The van der Waals surface area contributed by atoms with Gasteiger partial charge in [0, 0.05) is 5.56 Å². The number of nitro benzene ring substituents is 1. The second kappa shape index (κ2) is 4.18. The van der Waals surface area contributed by atoms with E-state index in [1.54, 1.807) is 6.92 Å². The van der Waals surface area contributed by atoms with Gasteiger partial charge in [0.15, 0.2) is 0 Å². The standard InChI is InChI=1S/C10H12N2O4/c1-5-4-7(11)9(12(14)15)6(2)8(5)10(13)16-3/h4H,11H2,1-3H3. The van der Waals surface area contributed by atoms with E-state index in [9.17, 15) is 14.9 Å². The van der Waals surface area contributed by atoms with Gasteiger partial charge in [-0.15, -0.1) is 0 Å². The monoisotopic (exact) mass is 224 g/mol. The van der Waals surface area contributed by atoms with Crippen LogP contribution in [0.5, 0.6) is 0 Å². The maximum Gasteiger partial charge on any atom is 0.338 e. The van der Waals surface area contributed by atoms with Crippen LogP contribution in [0.25, 0.3) is 0 Å². The normalized spacial score (nSPS) is 9.94. The van der Waals surface area contributed by atoms with Crippen molar-refractivity contribution in [1.82, 2.24) is 0 Å². The number of esters is 1. The first-order valence-corrected chi connectivity index (χ1v) is 4.52. The first kappa shape index (κ1) is 12.0. The molecule has 1 aromatic rings. The molecule has 0 fully saturated rings. The van der Waals surface area contributed by atoms with Crippen LogP contribution in [-0.4, -0.2) is 18.0 Å². The molecule has 6 nitrogen and oxygen atoms in total. The number of carbonyl (C=O) groups is 1. The van der Waals surface area contributed by atoms with Crippen molar-refractivity contribution in [3.63, 3.8) is 0 Å². The Bertz CT molecular complexity index is 468. The fourth-order valence-corrected chi connectivity index (χ4v) is 1.66. The average Bonchev–Trinajstić information content (AvgIpc) is 2.15. The molecule has 0 amide bonds. The Morgan fingerprint density at radius 1 is 1.50 bits per heavy atom. The Balaban J connectivity index is 3.57. The summed E-state index contributed by atoms with van der Waals surface area (Å²) in [6.07, 6.45) is 0. The zero-order valence-corrected chi connectivity index (χ0v) is 9.23. The van der Waals surface area contributed by atoms with E-state index in [1.807, 2.05) is 0 Å². The highest BCUT2D eigenvalue weighted by molar-refractivity contribution is 5.95. The molecule has 0 bridgehead atoms. The third kappa shape index (κ3) is 1.81. The summed E-state index contributed by atoms with van der Waals surface area (Å²) in [6, 6.07) is 1.40. The highest BCUT2D eigenvalue weighted by Gasteiger charge is 2.24. The van der Waals surface area contributed by atoms with Gasteiger partial charge in [0.25, 0.3) is 5.69 Å². The lowest BCUT2D eigenvalue weighted by atomic mass is 10.00. The molecule has 0 aliphatic rings. The number of methoxy groups -OCH3 is 1. The second-order valence-electron chi connectivity index (χ2n) is 3.38. The predicted molar refractivity (Wildman–Crippen MR) is 58.3 cm³/mol. The number of nitrogens with two attached hydrogens (primary N) is 1. The van der Waals surface area contributed by atoms with Gasteiger partial charge in [-0.05, 0) is 25.5 Å². The van der Waals surface area contributed by atoms with Gasteiger partial charge in [-0.3, -0.25) is 10.1 Å². The molecule has 16 heavy (non-hydrogen) atoms. The van der Waals surface area contributed by atoms with E-state index < -0.39 is 10.9 Å². The zero-order chi connectivity index (χ0) is 12.5. The number of nitro groups is 1. The average molecular weight is 224 g/mol. The van der Waals surface area contributed by atoms with Gasteiger partial charge in [-0.2, -0.15) is 0 Å². The third-order valence-corrected chi connectivity index (χ3v) is 2.34. The van der Waals surface area contributed by atoms with Gasteiger partial charge >= 0.3 is 5.97 Å². The summed E-state index contributed by atoms with van der Waals surface area (Å²) in [7, 11) is 1.23. The van der Waals surface area contributed by atoms with E-state index >= 15 is 0 Å². The minimum atomic E-state index is -0.601. The molecular weight excluding hydrogens is 212 g/mol. The molecule has 0 saturated heterocycles. The molecule has 0 heterocycles. The molecular formula is C10H12N2O4. The molecule has 1 aromatic carbocycles. The molecule has 0 radical (unpaired) electrons. The number of carbonyl (C=O) groups excluding carboxylic acids is 1. The zero-order valence-electron chi connectivity index (χ0n) is 9.23. The van der Waals surface area contributed by atoms with Crippen LogP contribution in [0.1, 0.15) is 21.5 Å². The van der Waals surface area contributed by atoms with Crippen LogP contribution in [0.4, 0.5) is 11.4 Å². The number of nitrogen functional groups attached to an aromatic ring is 1. The molecule has 2 N–H and O–H groups in total. The number of benzene rings is 1. The molecule has 1 rings (SSSR count). The lowest BCUT2D eigenvalue weighted by Crippen LogP contribution is -2.10. The van der Waals surface area contributed by atoms with Gasteiger partial charge in [0.2, 0.25) is 0 Å². The summed E-state index contributed by atoms with van der Waals surface area (Å²) < 4.78 is 4.57. The number of hydrogen-bond donors (Lipinski definition) is 1. The van der Waals surface area contributed by atoms with Crippen LogP contribution in [-0.2, 0) is 4.74 Å². The topological polar surface area (TPSA) is 95.5 Å². The Kier molecular flexibility index (Phi) is 3.12. The maximum atomic E-state index is 11.5. The first-order chi connectivity index (χ1) is 7.40. The van der Waals surface area contributed by atoms with Crippen molar-refractivity contribution >= 4 is 17.3 Å². The van der Waals surface area contributed by atoms with Gasteiger partial charge in [0.05, 0.1) is 17.6 Å². The number of aryl methyl sites for hydroxylation is 1. The smallest absolute Gasteiger partial charge is 0.338 e. The van der Waals surface area contributed by atoms with Crippen molar-refractivity contribution in [3.05, 3.63) is 32.9 Å². The number of rotatable bonds is 2. The highest BCUT2D eigenvalue weighted by Crippen LogP contribution is 2.31. The SMILES string of the molecule is COC(=O)c1c(C)cc(N)c([N+](=O)[O-])c1C. The van der Waals surface area contributed by atoms with E-state index in [4.69, 9.17) is 5.73 Å². The Morgan fingerprint density at radius 2 is 2.06 bits per heavy atom. The summed E-state index contributed by atoms with van der Waals surface area (Å²) in [5, 5.41) is 10.8. The van der Waals surface area contributed by atoms with Crippen molar-refractivity contribution in [1.29, 1.82) is 0 Å². The number of hydrogen-bond acceptors (Lipinski definition) is 5. The van der Waals surface area contributed by atoms with Crippen molar-refractivity contribution in [3.8, 4) is 0 Å². The molecule has 0 aromatic heterocycles. The molecule has 0 atom stereocenters. The van der Waals surface area contributed by atoms with E-state index in [1.165, 1.54) is 20.1 Å². The maximum absolute atomic E-state index is 11.5. The molecule has 86 valence electrons. The quantitative estimate of drug-likeness (QED) is 0.356. The summed E-state index contributed by atoms with van der Waals surface area (Å²) in [5.41, 5.74) is 6.34. The number of ether oxygens (including phenoxy) is 1. The Labute approximate surface area is 92.2 Å². The van der Waals surface area contributed by atoms with Crippen LogP contribution in [0.3, 0.4) is 0 Å². The molecule has 0 spiro atoms. The van der Waals surface area contributed by atoms with Gasteiger partial charge in [-0.25, -0.2) is 4.79 Å². The fourth-order valence-electron chi connectivity index (χ4n) is 1.66. The van der Waals surface area contributed by atoms with Crippen LogP contribution in [0, 0.1) is 24.0 Å². The number of nitrogens with zero attached hydrogens (tertiary/aromatic N) is 1. The van der Waals surface area contributed by atoms with Crippen molar-refractivity contribution in [2.75, 3.05) is 12.8 Å². The minimum absolute atomic E-state index is 0.0488. The Hall–Kier alpha value is -2.11. The van der Waals surface area contributed by atoms with Crippen LogP contribution in [0.15, 0.2) is 6.07 Å². The van der Waals surface area contributed by atoms with Gasteiger partial charge in [0.1, 0.15) is 5.69 Å². The molecule has 0 saturated carbocycles. The highest BCUT2D eigenvalue weighted by atomic mass is 16.6. The first-order valence-electron chi connectivity index (χ1n) is 4.52. The van der Waals surface area contributed by atoms with E-state index in [0.717, 1.165) is 0 Å². The van der Waals surface area contributed by atoms with Crippen molar-refractivity contribution < 1.29 is 14.5 Å². The van der Waals surface area contributed by atoms with E-state index in [-0.39, 0.29) is 22.5 Å². The van der Waals surface area contributed by atoms with Gasteiger partial charge in [-0.1, -0.05) is 0 Å². The molecule has 0 aliphatic carbocycles. The van der Waals surface area contributed by atoms with Crippen LogP contribution in [0.2, 0.25) is 0 Å². The summed E-state index contributed by atoms with van der Waals surface area (Å²) in [4.78, 5) is 21.6. The third-order valence-electron chi connectivity index (χ3n) is 2.34. The summed E-state index contributed by atoms with van der Waals surface area (Å²) in [6.45, 7) is 3.13. The molecule has 6 heteroatoms. The van der Waals surface area contributed by atoms with E-state index in [2.05, 4.69) is 4.74 Å². The number of anilines is 1. The Morgan fingerprint density at radius 3 is 2.50 bits per heavy atom. The van der Waals surface area contributed by atoms with Gasteiger partial charge < -0.3 is 10.5 Å². The largest absolute Gasteiger partial charge is 0.465 e. The summed E-state index contributed by atoms with van der Waals surface area (Å²) >= 11 is 0.